The van der Waals surface area contributed by atoms with Crippen molar-refractivity contribution < 1.29 is 0 Å². The van der Waals surface area contributed by atoms with Crippen molar-refractivity contribution in [2.24, 2.45) is 0 Å². The van der Waals surface area contributed by atoms with Gasteiger partial charge in [0.2, 0.25) is 0 Å². The Morgan fingerprint density at radius 1 is 1.43 bits per heavy atom. The zero-order chi connectivity index (χ0) is 10.2. The maximum atomic E-state index is 4.60. The van der Waals surface area contributed by atoms with Crippen LogP contribution >= 0.6 is 24.4 Å². The average Bonchev–Trinajstić information content (AvgIpc) is 2.49. The quantitative estimate of drug-likeness (QED) is 0.749. The number of thioether (sulfide) groups is 1. The molecule has 1 aliphatic heterocycles. The third-order valence-corrected chi connectivity index (χ3v) is 3.72. The SMILES string of the molecule is CC(C)(S)Cc1cccc2c1CCS2. The van der Waals surface area contributed by atoms with Gasteiger partial charge in [-0.3, -0.25) is 0 Å². The van der Waals surface area contributed by atoms with Gasteiger partial charge in [0.05, 0.1) is 0 Å². The summed E-state index contributed by atoms with van der Waals surface area (Å²) in [6.45, 7) is 4.36. The molecule has 0 aromatic heterocycles. The molecule has 1 aliphatic rings. The van der Waals surface area contributed by atoms with Crippen molar-refractivity contribution in [2.75, 3.05) is 5.75 Å². The maximum Gasteiger partial charge on any atom is 0.0114 e. The topological polar surface area (TPSA) is 0 Å². The average molecular weight is 224 g/mol. The van der Waals surface area contributed by atoms with Gasteiger partial charge in [-0.05, 0) is 30.0 Å². The van der Waals surface area contributed by atoms with Crippen LogP contribution in [0.4, 0.5) is 0 Å². The Labute approximate surface area is 95.9 Å². The molecule has 0 saturated heterocycles. The second-order valence-electron chi connectivity index (χ2n) is 4.48. The summed E-state index contributed by atoms with van der Waals surface area (Å²) in [6, 6.07) is 6.66. The van der Waals surface area contributed by atoms with E-state index in [0.29, 0.717) is 0 Å². The van der Waals surface area contributed by atoms with Gasteiger partial charge in [0, 0.05) is 15.4 Å². The lowest BCUT2D eigenvalue weighted by Gasteiger charge is -2.19. The van der Waals surface area contributed by atoms with Gasteiger partial charge >= 0.3 is 0 Å². The summed E-state index contributed by atoms with van der Waals surface area (Å²) in [7, 11) is 0. The number of rotatable bonds is 2. The monoisotopic (exact) mass is 224 g/mol. The number of thiol groups is 1. The van der Waals surface area contributed by atoms with Gasteiger partial charge in [-0.25, -0.2) is 0 Å². The standard InChI is InChI=1S/C12H16S2/c1-12(2,13)8-9-4-3-5-11-10(9)6-7-14-11/h3-5,13H,6-8H2,1-2H3. The molecule has 1 aromatic carbocycles. The van der Waals surface area contributed by atoms with Gasteiger partial charge in [0.25, 0.3) is 0 Å². The lowest BCUT2D eigenvalue weighted by Crippen LogP contribution is -2.15. The van der Waals surface area contributed by atoms with Crippen LogP contribution < -0.4 is 0 Å². The van der Waals surface area contributed by atoms with E-state index in [0.717, 1.165) is 6.42 Å². The van der Waals surface area contributed by atoms with Gasteiger partial charge in [0.1, 0.15) is 0 Å². The number of fused-ring (bicyclic) bond motifs is 1. The van der Waals surface area contributed by atoms with Crippen molar-refractivity contribution in [2.45, 2.75) is 36.3 Å². The molecule has 76 valence electrons. The highest BCUT2D eigenvalue weighted by Gasteiger charge is 2.19. The third kappa shape index (κ3) is 2.29. The molecule has 0 atom stereocenters. The van der Waals surface area contributed by atoms with Crippen molar-refractivity contribution >= 4 is 24.4 Å². The van der Waals surface area contributed by atoms with Crippen LogP contribution in [0.15, 0.2) is 23.1 Å². The fourth-order valence-corrected chi connectivity index (χ4v) is 3.20. The number of hydrogen-bond donors (Lipinski definition) is 1. The van der Waals surface area contributed by atoms with Crippen LogP contribution in [0.3, 0.4) is 0 Å². The molecule has 14 heavy (non-hydrogen) atoms. The third-order valence-electron chi connectivity index (χ3n) is 2.46. The van der Waals surface area contributed by atoms with Crippen LogP contribution in [0.1, 0.15) is 25.0 Å². The Morgan fingerprint density at radius 2 is 2.21 bits per heavy atom. The predicted molar refractivity (Wildman–Crippen MR) is 67.6 cm³/mol. The van der Waals surface area contributed by atoms with Gasteiger partial charge in [0.15, 0.2) is 0 Å². The molecular formula is C12H16S2. The largest absolute Gasteiger partial charge is 0.173 e. The molecule has 1 heterocycles. The Morgan fingerprint density at radius 3 is 2.93 bits per heavy atom. The van der Waals surface area contributed by atoms with E-state index in [9.17, 15) is 0 Å². The lowest BCUT2D eigenvalue weighted by atomic mass is 9.96. The molecule has 2 rings (SSSR count). The van der Waals surface area contributed by atoms with E-state index in [4.69, 9.17) is 0 Å². The Hall–Kier alpha value is -0.0800. The molecule has 0 unspecified atom stereocenters. The first-order chi connectivity index (χ1) is 6.56. The molecule has 0 fully saturated rings. The van der Waals surface area contributed by atoms with Crippen LogP contribution in [0, 0.1) is 0 Å². The molecule has 0 radical (unpaired) electrons. The smallest absolute Gasteiger partial charge is 0.0114 e. The second-order valence-corrected chi connectivity index (χ2v) is 6.83. The normalized spacial score (nSPS) is 15.6. The highest BCUT2D eigenvalue weighted by atomic mass is 32.2. The molecule has 0 aliphatic carbocycles. The minimum atomic E-state index is 0.0996. The molecule has 0 N–H and O–H groups in total. The van der Waals surface area contributed by atoms with E-state index in [1.807, 2.05) is 11.8 Å². The van der Waals surface area contributed by atoms with Crippen molar-refractivity contribution in [3.8, 4) is 0 Å². The summed E-state index contributed by atoms with van der Waals surface area (Å²) in [4.78, 5) is 1.49. The Balaban J connectivity index is 2.31. The first-order valence-electron chi connectivity index (χ1n) is 5.02. The molecule has 2 heteroatoms. The van der Waals surface area contributed by atoms with E-state index in [2.05, 4.69) is 44.7 Å². The van der Waals surface area contributed by atoms with Gasteiger partial charge in [-0.15, -0.1) is 11.8 Å². The van der Waals surface area contributed by atoms with E-state index in [1.54, 1.807) is 5.56 Å². The van der Waals surface area contributed by atoms with Crippen molar-refractivity contribution in [3.63, 3.8) is 0 Å². The summed E-state index contributed by atoms with van der Waals surface area (Å²) >= 11 is 6.58. The van der Waals surface area contributed by atoms with Crippen LogP contribution in [0.25, 0.3) is 0 Å². The van der Waals surface area contributed by atoms with E-state index >= 15 is 0 Å². The molecular weight excluding hydrogens is 208 g/mol. The van der Waals surface area contributed by atoms with Crippen molar-refractivity contribution in [1.29, 1.82) is 0 Å². The highest BCUT2D eigenvalue weighted by Crippen LogP contribution is 2.35. The van der Waals surface area contributed by atoms with Crippen LogP contribution in [0.5, 0.6) is 0 Å². The molecule has 0 spiro atoms. The summed E-state index contributed by atoms with van der Waals surface area (Å²) < 4.78 is 0.0996. The molecule has 1 aromatic rings. The number of benzene rings is 1. The van der Waals surface area contributed by atoms with E-state index < -0.39 is 0 Å². The summed E-state index contributed by atoms with van der Waals surface area (Å²) in [5.74, 6) is 1.25. The first-order valence-corrected chi connectivity index (χ1v) is 6.45. The maximum absolute atomic E-state index is 4.60. The van der Waals surface area contributed by atoms with Crippen molar-refractivity contribution in [3.05, 3.63) is 29.3 Å². The first kappa shape index (κ1) is 10.4. The fraction of sp³-hybridized carbons (Fsp3) is 0.500. The van der Waals surface area contributed by atoms with Gasteiger partial charge in [-0.1, -0.05) is 26.0 Å². The molecule has 0 bridgehead atoms. The van der Waals surface area contributed by atoms with Gasteiger partial charge < -0.3 is 0 Å². The fourth-order valence-electron chi connectivity index (χ4n) is 1.92. The summed E-state index contributed by atoms with van der Waals surface area (Å²) in [5, 5.41) is 0. The van der Waals surface area contributed by atoms with E-state index in [-0.39, 0.29) is 4.75 Å². The number of hydrogen-bond acceptors (Lipinski definition) is 2. The Bertz CT molecular complexity index is 337. The highest BCUT2D eigenvalue weighted by molar-refractivity contribution is 7.99. The van der Waals surface area contributed by atoms with Crippen molar-refractivity contribution in [1.82, 2.24) is 0 Å². The zero-order valence-electron chi connectivity index (χ0n) is 8.71. The summed E-state index contributed by atoms with van der Waals surface area (Å²) in [6.07, 6.45) is 2.31. The van der Waals surface area contributed by atoms with E-state index in [1.165, 1.54) is 22.6 Å². The van der Waals surface area contributed by atoms with Crippen LogP contribution in [-0.2, 0) is 12.8 Å². The molecule has 0 nitrogen and oxygen atoms in total. The van der Waals surface area contributed by atoms with Crippen LogP contribution in [0.2, 0.25) is 0 Å². The lowest BCUT2D eigenvalue weighted by molar-refractivity contribution is 0.708. The zero-order valence-corrected chi connectivity index (χ0v) is 10.4. The Kier molecular flexibility index (Phi) is 2.85. The second kappa shape index (κ2) is 3.82. The molecule has 0 saturated carbocycles. The molecule has 0 amide bonds. The predicted octanol–water partition coefficient (Wildman–Crippen LogP) is 3.59. The summed E-state index contributed by atoms with van der Waals surface area (Å²) in [5.41, 5.74) is 3.06. The minimum absolute atomic E-state index is 0.0996. The van der Waals surface area contributed by atoms with Crippen LogP contribution in [-0.4, -0.2) is 10.5 Å². The minimum Gasteiger partial charge on any atom is -0.173 e. The van der Waals surface area contributed by atoms with Gasteiger partial charge in [-0.2, -0.15) is 12.6 Å².